The van der Waals surface area contributed by atoms with E-state index in [2.05, 4.69) is 42.4 Å². The summed E-state index contributed by atoms with van der Waals surface area (Å²) in [4.78, 5) is 24.6. The van der Waals surface area contributed by atoms with Gasteiger partial charge in [0.1, 0.15) is 12.7 Å². The van der Waals surface area contributed by atoms with Crippen molar-refractivity contribution in [2.24, 2.45) is 81.8 Å². The van der Waals surface area contributed by atoms with E-state index in [0.29, 0.717) is 34.1 Å². The van der Waals surface area contributed by atoms with Crippen molar-refractivity contribution in [3.8, 4) is 0 Å². The van der Waals surface area contributed by atoms with Crippen molar-refractivity contribution in [2.75, 3.05) is 17.8 Å². The zero-order chi connectivity index (χ0) is 38.2. The second-order valence-electron chi connectivity index (χ2n) is 19.9. The van der Waals surface area contributed by atoms with Crippen molar-refractivity contribution in [1.29, 1.82) is 1.12 Å². The van der Waals surface area contributed by atoms with Gasteiger partial charge in [0.15, 0.2) is 0 Å². The van der Waals surface area contributed by atoms with Crippen LogP contribution in [-0.2, 0) is 9.59 Å². The first-order chi connectivity index (χ1) is 24.6. The molecule has 310 valence electrons. The summed E-state index contributed by atoms with van der Waals surface area (Å²) in [6.07, 6.45) is 25.2. The number of carbonyl (C=O) groups is 2. The predicted octanol–water partition coefficient (Wildman–Crippen LogP) is 11.9. The number of halogens is 1. The Morgan fingerprint density at radius 2 is 1.00 bits per heavy atom. The summed E-state index contributed by atoms with van der Waals surface area (Å²) in [5, 5.41) is 21.5. The molecule has 4 nitrogen and oxygen atoms in total. The third-order valence-corrected chi connectivity index (χ3v) is 18.0. The van der Waals surface area contributed by atoms with Crippen LogP contribution in [0.1, 0.15) is 165 Å². The molecule has 8 rings (SSSR count). The summed E-state index contributed by atoms with van der Waals surface area (Å²) in [6, 6.07) is 0. The molecule has 8 fully saturated rings. The molecule has 8 aliphatic carbocycles. The molecule has 7 heteroatoms. The lowest BCUT2D eigenvalue weighted by Gasteiger charge is -2.56. The van der Waals surface area contributed by atoms with Crippen LogP contribution >= 0.6 is 41.1 Å². The molecule has 0 spiro atoms. The van der Waals surface area contributed by atoms with Crippen molar-refractivity contribution in [3.63, 3.8) is 0 Å². The van der Waals surface area contributed by atoms with Crippen molar-refractivity contribution < 1.29 is 19.8 Å². The fourth-order valence-electron chi connectivity index (χ4n) is 15.5. The molecule has 0 aromatic carbocycles. The maximum absolute atomic E-state index is 12.5. The van der Waals surface area contributed by atoms with Crippen LogP contribution in [0.3, 0.4) is 0 Å². The molecule has 16 atom stereocenters. The van der Waals surface area contributed by atoms with E-state index in [1.807, 2.05) is 20.8 Å². The highest BCUT2D eigenvalue weighted by atomic mass is 79.9. The molecule has 8 saturated carbocycles. The normalized spacial score (nSPS) is 49.0. The predicted molar refractivity (Wildman–Crippen MR) is 235 cm³/mol. The molecule has 0 unspecified atom stereocenters. The number of ketones is 2. The number of alkyl halides is 1. The lowest BCUT2D eigenvalue weighted by molar-refractivity contribution is -0.130. The van der Waals surface area contributed by atoms with Crippen molar-refractivity contribution in [1.82, 2.24) is 0 Å². The molecule has 0 aromatic heterocycles. The number of rotatable bonds is 3. The summed E-state index contributed by atoms with van der Waals surface area (Å²) in [5.41, 5.74) is -0.277. The smallest absolute Gasteiger partial charge is 0.147 e. The minimum absolute atomic E-state index is 0. The monoisotopic (exact) mass is 843 g/mol. The molecule has 0 amide bonds. The van der Waals surface area contributed by atoms with Gasteiger partial charge in [-0.15, -0.1) is 0 Å². The minimum Gasteiger partial charge on any atom is -0.390 e. The van der Waals surface area contributed by atoms with Crippen molar-refractivity contribution in [3.05, 3.63) is 0 Å². The number of aliphatic hydroxyl groups is 2. The first-order valence-electron chi connectivity index (χ1n) is 21.5. The molecule has 0 aromatic rings. The maximum Gasteiger partial charge on any atom is 0.147 e. The van der Waals surface area contributed by atoms with Crippen molar-refractivity contribution in [2.45, 2.75) is 176 Å². The van der Waals surface area contributed by atoms with E-state index in [4.69, 9.17) is 1.12 Å². The minimum atomic E-state index is -0.419. The van der Waals surface area contributed by atoms with Crippen LogP contribution in [0.5, 0.6) is 0 Å². The van der Waals surface area contributed by atoms with E-state index in [0.717, 1.165) is 110 Å². The van der Waals surface area contributed by atoms with E-state index in [1.54, 1.807) is 12.5 Å². The Morgan fingerprint density at radius 3 is 1.40 bits per heavy atom. The van der Waals surface area contributed by atoms with Gasteiger partial charge in [0.2, 0.25) is 0 Å². The van der Waals surface area contributed by atoms with Gasteiger partial charge in [-0.3, -0.25) is 9.59 Å². The van der Waals surface area contributed by atoms with Gasteiger partial charge in [0.25, 0.3) is 0 Å². The van der Waals surface area contributed by atoms with Crippen LogP contribution in [0.4, 0.5) is 0 Å². The van der Waals surface area contributed by atoms with E-state index in [1.165, 1.54) is 77.0 Å². The average Bonchev–Trinajstić information content (AvgIpc) is 3.65. The Balaban J connectivity index is 0.000000252. The summed E-state index contributed by atoms with van der Waals surface area (Å²) in [7, 11) is 0. The first-order valence-corrected chi connectivity index (χ1v) is 23.9. The molecular formula is C46H83BrO4S2. The quantitative estimate of drug-likeness (QED) is 0.169. The largest absolute Gasteiger partial charge is 0.390 e. The summed E-state index contributed by atoms with van der Waals surface area (Å²) >= 11 is 7.95. The highest BCUT2D eigenvalue weighted by molar-refractivity contribution is 9.09. The lowest BCUT2D eigenvalue weighted by Crippen LogP contribution is -2.51. The number of fused-ring (bicyclic) bond motifs is 10. The van der Waals surface area contributed by atoms with Gasteiger partial charge < -0.3 is 10.2 Å². The fourth-order valence-corrected chi connectivity index (χ4v) is 15.8. The fraction of sp³-hybridized carbons (Fsp3) is 0.957. The average molecular weight is 845 g/mol. The topological polar surface area (TPSA) is 74.6 Å². The third-order valence-electron chi connectivity index (χ3n) is 17.5. The zero-order valence-electron chi connectivity index (χ0n) is 34.3. The number of Topliss-reactive ketones (excluding diaryl/α,β-unsaturated/α-hetero) is 2. The summed E-state index contributed by atoms with van der Waals surface area (Å²) in [5.74, 6) is 9.76. The molecular weight excluding hydrogens is 761 g/mol. The number of hydrogen-bond donors (Lipinski definition) is 4. The lowest BCUT2D eigenvalue weighted by atomic mass is 9.49. The molecule has 0 aliphatic heterocycles. The highest BCUT2D eigenvalue weighted by Gasteiger charge is 2.60. The van der Waals surface area contributed by atoms with Gasteiger partial charge in [-0.05, 0) is 219 Å². The standard InChI is InChI=1S/C21H33BrO2.C21H34O2.2CH4S.2CH4/c1-20(24)9-7-14-13(11-20)3-4-16-15(14)8-10-21(2)17(16)5-6-18(21)19(23)12-22;1-13(22)18-6-7-19-17-5-4-14-12-20(2,23)10-8-15(14)16(17)9-11-21(18,19)3;2*1-2;;/h13-18,24H,3-12H2,1-2H3;14-19,23H,4-12H2,1-3H3;2*2H,1H3;2*1H4/t13-,14+,15-,16-,17+,18-,20-,21+;14-,15+,16-,17-,18-,19+,20-,21-;;;;/m11..../s1/i/hD. The van der Waals surface area contributed by atoms with Crippen LogP contribution in [0.15, 0.2) is 0 Å². The van der Waals surface area contributed by atoms with Crippen LogP contribution in [-0.4, -0.2) is 51.9 Å². The van der Waals surface area contributed by atoms with Gasteiger partial charge in [0.05, 0.1) is 16.5 Å². The molecule has 0 bridgehead atoms. The van der Waals surface area contributed by atoms with Crippen molar-refractivity contribution >= 4 is 52.7 Å². The Bertz CT molecular complexity index is 1230. The molecule has 0 radical (unpaired) electrons. The number of thiol groups is 2. The first kappa shape index (κ1) is 46.1. The van der Waals surface area contributed by atoms with E-state index in [9.17, 15) is 19.8 Å². The van der Waals surface area contributed by atoms with Crippen LogP contribution < -0.4 is 0 Å². The summed E-state index contributed by atoms with van der Waals surface area (Å²) < 4.78 is 6.12. The van der Waals surface area contributed by atoms with E-state index in [-0.39, 0.29) is 20.3 Å². The Hall–Kier alpha value is 0.440. The second kappa shape index (κ2) is 19.0. The molecule has 2 N–H and O–H groups in total. The second-order valence-corrected chi connectivity index (χ2v) is 20.5. The van der Waals surface area contributed by atoms with Gasteiger partial charge in [-0.2, -0.15) is 25.2 Å². The Morgan fingerprint density at radius 1 is 0.623 bits per heavy atom. The molecule has 8 aliphatic rings. The maximum atomic E-state index is 12.5. The highest BCUT2D eigenvalue weighted by Crippen LogP contribution is 2.66. The van der Waals surface area contributed by atoms with Gasteiger partial charge in [0, 0.05) is 11.8 Å². The summed E-state index contributed by atoms with van der Waals surface area (Å²) in [6.45, 7) is 10.8. The number of hydrogen-bond acceptors (Lipinski definition) is 6. The van der Waals surface area contributed by atoms with Gasteiger partial charge in [-0.25, -0.2) is 0 Å². The van der Waals surface area contributed by atoms with E-state index < -0.39 is 11.2 Å². The third kappa shape index (κ3) is 9.20. The van der Waals surface area contributed by atoms with Crippen LogP contribution in [0.2, 0.25) is 0 Å². The van der Waals surface area contributed by atoms with Crippen LogP contribution in [0.25, 0.3) is 0 Å². The zero-order valence-corrected chi connectivity index (χ0v) is 36.6. The van der Waals surface area contributed by atoms with Crippen LogP contribution in [0, 0.1) is 81.8 Å². The van der Waals surface area contributed by atoms with Gasteiger partial charge >= 0.3 is 0 Å². The molecule has 53 heavy (non-hydrogen) atoms. The Labute approximate surface area is 347 Å². The SMILES string of the molecule is C.C.CC(=O)[C@H]1CC[C@H]2[C@@H]3CC[C@@H]4C[C@](C)(O)CC[C@@H]4[C@H]3CC[C@]12C.CS.C[C@@]1(O)CC[C@H]2[C@H](CC[C@@H]3[C@@H]2CC[C@]2(C)[C@@H](C(=O)CBr)CC[C@@H]32)C1.[2H]SC. The molecule has 0 saturated heterocycles. The Kier molecular flexibility index (Phi) is 16.5. The van der Waals surface area contributed by atoms with E-state index >= 15 is 0 Å². The number of carbonyl (C=O) groups excluding carboxylic acids is 2. The molecule has 0 heterocycles. The van der Waals surface area contributed by atoms with Gasteiger partial charge in [-0.1, -0.05) is 44.6 Å².